The number of hydrogen-bond donors (Lipinski definition) is 2. The normalized spacial score (nSPS) is 17.7. The van der Waals surface area contributed by atoms with Gasteiger partial charge in [-0.15, -0.1) is 0 Å². The molecule has 2 N–H and O–H groups in total. The molecule has 1 unspecified atom stereocenters. The fourth-order valence-electron chi connectivity index (χ4n) is 5.02. The Hall–Kier alpha value is -4.10. The first-order valence-corrected chi connectivity index (χ1v) is 14.4. The maximum Gasteiger partial charge on any atom is 0.320 e. The molecule has 1 saturated heterocycles. The molecule has 0 radical (unpaired) electrons. The van der Waals surface area contributed by atoms with Crippen LogP contribution < -0.4 is 10.6 Å². The van der Waals surface area contributed by atoms with Gasteiger partial charge in [-0.1, -0.05) is 24.3 Å². The number of amides is 2. The Labute approximate surface area is 230 Å². The lowest BCUT2D eigenvalue weighted by atomic mass is 9.89. The third-order valence-electron chi connectivity index (χ3n) is 7.11. The maximum absolute atomic E-state index is 14.0. The Morgan fingerprint density at radius 2 is 1.85 bits per heavy atom. The predicted molar refractivity (Wildman–Crippen MR) is 147 cm³/mol. The molecule has 2 aromatic heterocycles. The Morgan fingerprint density at radius 3 is 2.50 bits per heavy atom. The minimum Gasteiger partial charge on any atom is -0.337 e. The van der Waals surface area contributed by atoms with E-state index in [4.69, 9.17) is 5.10 Å². The van der Waals surface area contributed by atoms with E-state index in [0.717, 1.165) is 35.2 Å². The van der Waals surface area contributed by atoms with Crippen LogP contribution in [0.1, 0.15) is 17.0 Å². The highest BCUT2D eigenvalue weighted by Crippen LogP contribution is 2.34. The van der Waals surface area contributed by atoms with E-state index in [1.807, 2.05) is 43.5 Å². The quantitative estimate of drug-likeness (QED) is 0.353. The van der Waals surface area contributed by atoms with Gasteiger partial charge in [0.1, 0.15) is 11.5 Å². The molecule has 210 valence electrons. The van der Waals surface area contributed by atoms with Crippen LogP contribution in [0.2, 0.25) is 0 Å². The minimum atomic E-state index is -3.53. The number of hydrogen-bond acceptors (Lipinski definition) is 5. The van der Waals surface area contributed by atoms with E-state index >= 15 is 0 Å². The van der Waals surface area contributed by atoms with Crippen molar-refractivity contribution in [1.82, 2.24) is 29.2 Å². The molecule has 10 nitrogen and oxygen atoms in total. The summed E-state index contributed by atoms with van der Waals surface area (Å²) >= 11 is 0. The lowest BCUT2D eigenvalue weighted by molar-refractivity contribution is 0.250. The third-order valence-corrected chi connectivity index (χ3v) is 8.34. The van der Waals surface area contributed by atoms with E-state index < -0.39 is 33.6 Å². The molecule has 0 bridgehead atoms. The van der Waals surface area contributed by atoms with Crippen molar-refractivity contribution >= 4 is 21.9 Å². The number of anilines is 1. The molecular weight excluding hydrogens is 540 g/mol. The lowest BCUT2D eigenvalue weighted by Crippen LogP contribution is -2.36. The largest absolute Gasteiger partial charge is 0.337 e. The zero-order chi connectivity index (χ0) is 28.6. The topological polar surface area (TPSA) is 114 Å². The second-order valence-corrected chi connectivity index (χ2v) is 11.9. The number of sulfonamides is 1. The first-order chi connectivity index (χ1) is 19.0. The highest BCUT2D eigenvalue weighted by molar-refractivity contribution is 7.88. The number of carbonyl (C=O) groups is 1. The van der Waals surface area contributed by atoms with Crippen molar-refractivity contribution in [2.24, 2.45) is 13.0 Å². The fraction of sp³-hybridized carbons (Fsp3) is 0.296. The van der Waals surface area contributed by atoms with Crippen LogP contribution in [0.15, 0.2) is 60.9 Å². The van der Waals surface area contributed by atoms with Gasteiger partial charge >= 0.3 is 6.03 Å². The molecule has 5 rings (SSSR count). The van der Waals surface area contributed by atoms with Crippen molar-refractivity contribution in [3.05, 3.63) is 83.7 Å². The van der Waals surface area contributed by atoms with Gasteiger partial charge < -0.3 is 5.32 Å². The van der Waals surface area contributed by atoms with Crippen LogP contribution in [-0.2, 0) is 17.1 Å². The van der Waals surface area contributed by atoms with Crippen molar-refractivity contribution < 1.29 is 22.0 Å². The van der Waals surface area contributed by atoms with Crippen molar-refractivity contribution in [3.63, 3.8) is 0 Å². The highest BCUT2D eigenvalue weighted by Gasteiger charge is 2.38. The minimum absolute atomic E-state index is 0.103. The summed E-state index contributed by atoms with van der Waals surface area (Å²) < 4.78 is 56.7. The van der Waals surface area contributed by atoms with Gasteiger partial charge in [-0.25, -0.2) is 31.0 Å². The summed E-state index contributed by atoms with van der Waals surface area (Å²) in [7, 11) is -1.72. The van der Waals surface area contributed by atoms with Gasteiger partial charge in [0.25, 0.3) is 0 Å². The SMILES string of the molecule is Cc1c(-c2cnn(C)c2)nn(-c2ccccc2)c1NC(=O)NCC1CN(S(C)(=O)=O)C[C@H]1c1ccc(F)c(F)c1. The predicted octanol–water partition coefficient (Wildman–Crippen LogP) is 3.66. The van der Waals surface area contributed by atoms with Crippen LogP contribution in [0.5, 0.6) is 0 Å². The van der Waals surface area contributed by atoms with Crippen LogP contribution in [0.3, 0.4) is 0 Å². The van der Waals surface area contributed by atoms with Crippen LogP contribution in [0, 0.1) is 24.5 Å². The number of halogens is 2. The average Bonchev–Trinajstić information content (AvgIpc) is 3.62. The molecule has 2 aromatic carbocycles. The summed E-state index contributed by atoms with van der Waals surface area (Å²) in [4.78, 5) is 13.2. The van der Waals surface area contributed by atoms with Crippen LogP contribution in [0.4, 0.5) is 19.4 Å². The number of aryl methyl sites for hydroxylation is 1. The van der Waals surface area contributed by atoms with E-state index in [1.165, 1.54) is 10.4 Å². The van der Waals surface area contributed by atoms with E-state index in [9.17, 15) is 22.0 Å². The lowest BCUT2D eigenvalue weighted by Gasteiger charge is -2.20. The first-order valence-electron chi connectivity index (χ1n) is 12.6. The van der Waals surface area contributed by atoms with Gasteiger partial charge in [0.2, 0.25) is 10.0 Å². The number of nitrogens with one attached hydrogen (secondary N) is 2. The molecule has 0 aliphatic carbocycles. The standard InChI is InChI=1S/C27H29F2N7O3S/c1-17-25(20-13-31-34(2)14-20)33-36(21-7-5-4-6-8-21)26(17)32-27(37)30-12-19-15-35(40(3,38)39)16-22(19)18-9-10-23(28)24(29)11-18/h4-11,13-14,19,22H,12,15-16H2,1-3H3,(H2,30,32,37)/t19?,22-/m0/s1. The van der Waals surface area contributed by atoms with Gasteiger partial charge in [0, 0.05) is 49.9 Å². The molecule has 3 heterocycles. The number of carbonyl (C=O) groups excluding carboxylic acids is 1. The van der Waals surface area contributed by atoms with Crippen molar-refractivity contribution in [2.45, 2.75) is 12.8 Å². The Balaban J connectivity index is 1.38. The highest BCUT2D eigenvalue weighted by atomic mass is 32.2. The first kappa shape index (κ1) is 27.5. The summed E-state index contributed by atoms with van der Waals surface area (Å²) in [5.41, 5.74) is 3.39. The molecular formula is C27H29F2N7O3S. The second kappa shape index (κ2) is 10.8. The summed E-state index contributed by atoms with van der Waals surface area (Å²) in [6, 6.07) is 12.4. The van der Waals surface area contributed by atoms with Crippen molar-refractivity contribution in [1.29, 1.82) is 0 Å². The molecule has 1 aliphatic rings. The van der Waals surface area contributed by atoms with Crippen LogP contribution >= 0.6 is 0 Å². The molecule has 40 heavy (non-hydrogen) atoms. The number of para-hydroxylation sites is 1. The monoisotopic (exact) mass is 569 g/mol. The number of rotatable bonds is 7. The van der Waals surface area contributed by atoms with Crippen molar-refractivity contribution in [2.75, 3.05) is 31.2 Å². The zero-order valence-corrected chi connectivity index (χ0v) is 23.0. The maximum atomic E-state index is 14.0. The summed E-state index contributed by atoms with van der Waals surface area (Å²) in [5, 5.41) is 14.7. The van der Waals surface area contributed by atoms with Gasteiger partial charge in [-0.3, -0.25) is 10.00 Å². The third kappa shape index (κ3) is 5.61. The smallest absolute Gasteiger partial charge is 0.320 e. The zero-order valence-electron chi connectivity index (χ0n) is 22.2. The number of aromatic nitrogens is 4. The Bertz CT molecular complexity index is 1650. The molecule has 4 aromatic rings. The summed E-state index contributed by atoms with van der Waals surface area (Å²) in [6.45, 7) is 2.20. The van der Waals surface area contributed by atoms with E-state index in [-0.39, 0.29) is 25.6 Å². The number of nitrogens with zero attached hydrogens (tertiary/aromatic N) is 5. The average molecular weight is 570 g/mol. The summed E-state index contributed by atoms with van der Waals surface area (Å²) in [6.07, 6.45) is 4.63. The number of urea groups is 1. The van der Waals surface area contributed by atoms with Crippen molar-refractivity contribution in [3.8, 4) is 16.9 Å². The van der Waals surface area contributed by atoms with Gasteiger partial charge in [-0.05, 0) is 42.7 Å². The van der Waals surface area contributed by atoms with Gasteiger partial charge in [0.05, 0.1) is 18.1 Å². The molecule has 0 saturated carbocycles. The van der Waals surface area contributed by atoms with Crippen LogP contribution in [-0.4, -0.2) is 64.2 Å². The summed E-state index contributed by atoms with van der Waals surface area (Å²) in [5.74, 6) is -2.32. The molecule has 2 amide bonds. The fourth-order valence-corrected chi connectivity index (χ4v) is 5.92. The molecule has 1 fully saturated rings. The van der Waals surface area contributed by atoms with Crippen LogP contribution in [0.25, 0.3) is 16.9 Å². The second-order valence-electron chi connectivity index (χ2n) is 9.93. The molecule has 0 spiro atoms. The Morgan fingerprint density at radius 1 is 1.10 bits per heavy atom. The van der Waals surface area contributed by atoms with E-state index in [1.54, 1.807) is 22.6 Å². The Kier molecular flexibility index (Phi) is 7.43. The molecule has 13 heteroatoms. The molecule has 2 atom stereocenters. The number of benzene rings is 2. The van der Waals surface area contributed by atoms with Gasteiger partial charge in [-0.2, -0.15) is 10.2 Å². The van der Waals surface area contributed by atoms with E-state index in [0.29, 0.717) is 17.1 Å². The van der Waals surface area contributed by atoms with E-state index in [2.05, 4.69) is 15.7 Å². The van der Waals surface area contributed by atoms with Gasteiger partial charge in [0.15, 0.2) is 11.6 Å². The molecule has 1 aliphatic heterocycles.